The van der Waals surface area contributed by atoms with Gasteiger partial charge in [0.15, 0.2) is 0 Å². The normalized spacial score (nSPS) is 24.7. The molecule has 2 N–H and O–H groups in total. The molecule has 224 valence electrons. The molecule has 2 saturated carbocycles. The van der Waals surface area contributed by atoms with Crippen LogP contribution in [-0.2, 0) is 38.1 Å². The van der Waals surface area contributed by atoms with Gasteiger partial charge in [0, 0.05) is 18.5 Å². The van der Waals surface area contributed by atoms with Crippen LogP contribution in [0.3, 0.4) is 0 Å². The molecule has 10 nitrogen and oxygen atoms in total. The molecular weight excluding hydrogens is 504 g/mol. The Bertz CT molecular complexity index is 760. The number of carbonyl (C=O) groups is 4. The lowest BCUT2D eigenvalue weighted by Gasteiger charge is -2.36. The Morgan fingerprint density at radius 1 is 0.615 bits per heavy atom. The van der Waals surface area contributed by atoms with Crippen molar-refractivity contribution in [2.75, 3.05) is 26.4 Å². The molecule has 2 aliphatic carbocycles. The van der Waals surface area contributed by atoms with E-state index in [0.717, 1.165) is 51.4 Å². The molecule has 2 unspecified atom stereocenters. The van der Waals surface area contributed by atoms with Crippen LogP contribution < -0.4 is 10.6 Å². The molecule has 0 bridgehead atoms. The first-order valence-electron chi connectivity index (χ1n) is 15.0. The van der Waals surface area contributed by atoms with Crippen molar-refractivity contribution in [2.45, 2.75) is 122 Å². The van der Waals surface area contributed by atoms with Crippen LogP contribution in [0.25, 0.3) is 0 Å². The Morgan fingerprint density at radius 2 is 1.08 bits per heavy atom. The van der Waals surface area contributed by atoms with Crippen LogP contribution in [0.1, 0.15) is 98.3 Å². The van der Waals surface area contributed by atoms with Crippen LogP contribution in [0.15, 0.2) is 0 Å². The zero-order valence-electron chi connectivity index (χ0n) is 24.3. The smallest absolute Gasteiger partial charge is 0.326 e. The summed E-state index contributed by atoms with van der Waals surface area (Å²) in [6.07, 6.45) is 9.75. The van der Waals surface area contributed by atoms with Gasteiger partial charge in [-0.25, -0.2) is 0 Å². The fourth-order valence-electron chi connectivity index (χ4n) is 5.72. The topological polar surface area (TPSA) is 129 Å². The average molecular weight is 555 g/mol. The Hall–Kier alpha value is -2.20. The van der Waals surface area contributed by atoms with Crippen molar-refractivity contribution in [1.29, 1.82) is 0 Å². The lowest BCUT2D eigenvalue weighted by molar-refractivity contribution is -0.152. The maximum atomic E-state index is 12.4. The maximum Gasteiger partial charge on any atom is 0.326 e. The highest BCUT2D eigenvalue weighted by molar-refractivity contribution is 5.82. The van der Waals surface area contributed by atoms with Gasteiger partial charge in [0.05, 0.1) is 26.2 Å². The van der Waals surface area contributed by atoms with Crippen molar-refractivity contribution in [2.24, 2.45) is 11.8 Å². The summed E-state index contributed by atoms with van der Waals surface area (Å²) >= 11 is 0. The predicted molar refractivity (Wildman–Crippen MR) is 146 cm³/mol. The molecule has 0 spiro atoms. The summed E-state index contributed by atoms with van der Waals surface area (Å²) in [5.74, 6) is -0.169. The van der Waals surface area contributed by atoms with Crippen molar-refractivity contribution in [3.8, 4) is 0 Å². The van der Waals surface area contributed by atoms with E-state index in [1.807, 2.05) is 0 Å². The third kappa shape index (κ3) is 12.2. The second kappa shape index (κ2) is 18.2. The molecule has 2 fully saturated rings. The third-order valence-corrected chi connectivity index (χ3v) is 7.75. The summed E-state index contributed by atoms with van der Waals surface area (Å²) < 4.78 is 20.6. The van der Waals surface area contributed by atoms with Crippen LogP contribution in [0.4, 0.5) is 0 Å². The zero-order chi connectivity index (χ0) is 28.6. The standard InChI is InChI=1S/C29H50N2O8/c1-5-26(32)39-19-25(29(35)38-8-4)31-23-15-11-21(12-16-23)17-20-9-13-22(14-10-20)30-24(28(34)37-7-3)18-27(33)36-6-2/h20-25,30-31H,5-19H2,1-4H3. The van der Waals surface area contributed by atoms with E-state index in [1.54, 1.807) is 27.7 Å². The Morgan fingerprint density at radius 3 is 1.54 bits per heavy atom. The summed E-state index contributed by atoms with van der Waals surface area (Å²) in [6.45, 7) is 7.87. The maximum absolute atomic E-state index is 12.4. The van der Waals surface area contributed by atoms with Crippen molar-refractivity contribution in [1.82, 2.24) is 10.6 Å². The molecular formula is C29H50N2O8. The highest BCUT2D eigenvalue weighted by Gasteiger charge is 2.32. The van der Waals surface area contributed by atoms with Crippen LogP contribution in [0, 0.1) is 11.8 Å². The van der Waals surface area contributed by atoms with E-state index < -0.39 is 24.0 Å². The second-order valence-corrected chi connectivity index (χ2v) is 10.7. The summed E-state index contributed by atoms with van der Waals surface area (Å²) in [5.41, 5.74) is 0. The molecule has 0 radical (unpaired) electrons. The monoisotopic (exact) mass is 554 g/mol. The molecule has 0 saturated heterocycles. The molecule has 0 heterocycles. The van der Waals surface area contributed by atoms with E-state index in [0.29, 0.717) is 11.8 Å². The molecule has 10 heteroatoms. The highest BCUT2D eigenvalue weighted by atomic mass is 16.6. The SMILES string of the molecule is CCOC(=O)CC(NC1CCC(CC2CCC(NC(COC(=O)CC)C(=O)OCC)CC2)CC1)C(=O)OCC. The van der Waals surface area contributed by atoms with Gasteiger partial charge in [-0.2, -0.15) is 0 Å². The van der Waals surface area contributed by atoms with E-state index in [9.17, 15) is 19.2 Å². The number of ether oxygens (including phenoxy) is 4. The molecule has 0 aromatic rings. The largest absolute Gasteiger partial charge is 0.466 e. The molecule has 0 amide bonds. The summed E-state index contributed by atoms with van der Waals surface area (Å²) in [5, 5.41) is 6.74. The number of hydrogen-bond acceptors (Lipinski definition) is 10. The third-order valence-electron chi connectivity index (χ3n) is 7.75. The molecule has 2 rings (SSSR count). The number of carbonyl (C=O) groups excluding carboxylic acids is 4. The Balaban J connectivity index is 1.75. The zero-order valence-corrected chi connectivity index (χ0v) is 24.3. The van der Waals surface area contributed by atoms with E-state index in [4.69, 9.17) is 18.9 Å². The van der Waals surface area contributed by atoms with Crippen molar-refractivity contribution < 1.29 is 38.1 Å². The fourth-order valence-corrected chi connectivity index (χ4v) is 5.72. The Kier molecular flexibility index (Phi) is 15.4. The lowest BCUT2D eigenvalue weighted by Crippen LogP contribution is -2.48. The Labute approximate surface area is 233 Å². The van der Waals surface area contributed by atoms with Crippen LogP contribution >= 0.6 is 0 Å². The van der Waals surface area contributed by atoms with Gasteiger partial charge < -0.3 is 24.3 Å². The van der Waals surface area contributed by atoms with Crippen LogP contribution in [0.5, 0.6) is 0 Å². The number of rotatable bonds is 16. The van der Waals surface area contributed by atoms with Gasteiger partial charge in [-0.15, -0.1) is 0 Å². The van der Waals surface area contributed by atoms with Crippen LogP contribution in [-0.4, -0.2) is 74.5 Å². The summed E-state index contributed by atoms with van der Waals surface area (Å²) in [7, 11) is 0. The minimum absolute atomic E-state index is 0.000473. The molecule has 0 aliphatic heterocycles. The van der Waals surface area contributed by atoms with Gasteiger partial charge in [0.1, 0.15) is 18.7 Å². The van der Waals surface area contributed by atoms with E-state index >= 15 is 0 Å². The van der Waals surface area contributed by atoms with Crippen LogP contribution in [0.2, 0.25) is 0 Å². The first-order valence-corrected chi connectivity index (χ1v) is 15.0. The first kappa shape index (κ1) is 33.0. The lowest BCUT2D eigenvalue weighted by atomic mass is 9.75. The van der Waals surface area contributed by atoms with Crippen molar-refractivity contribution >= 4 is 23.9 Å². The summed E-state index contributed by atoms with van der Waals surface area (Å²) in [4.78, 5) is 48.3. The van der Waals surface area contributed by atoms with E-state index in [1.165, 1.54) is 6.42 Å². The van der Waals surface area contributed by atoms with Gasteiger partial charge in [-0.3, -0.25) is 24.5 Å². The molecule has 39 heavy (non-hydrogen) atoms. The van der Waals surface area contributed by atoms with E-state index in [-0.39, 0.29) is 63.3 Å². The average Bonchev–Trinajstić information content (AvgIpc) is 2.92. The number of nitrogens with one attached hydrogen (secondary N) is 2. The molecule has 2 atom stereocenters. The fraction of sp³-hybridized carbons (Fsp3) is 0.862. The number of hydrogen-bond donors (Lipinski definition) is 2. The molecule has 2 aliphatic rings. The van der Waals surface area contributed by atoms with Gasteiger partial charge in [0.25, 0.3) is 0 Å². The quantitative estimate of drug-likeness (QED) is 0.216. The molecule has 0 aromatic carbocycles. The summed E-state index contributed by atoms with van der Waals surface area (Å²) in [6, 6.07) is -0.911. The molecule has 0 aromatic heterocycles. The van der Waals surface area contributed by atoms with Gasteiger partial charge in [0.2, 0.25) is 0 Å². The minimum atomic E-state index is -0.669. The predicted octanol–water partition coefficient (Wildman–Crippen LogP) is 3.44. The van der Waals surface area contributed by atoms with Crippen molar-refractivity contribution in [3.05, 3.63) is 0 Å². The minimum Gasteiger partial charge on any atom is -0.466 e. The highest BCUT2D eigenvalue weighted by Crippen LogP contribution is 2.35. The van der Waals surface area contributed by atoms with Gasteiger partial charge in [-0.1, -0.05) is 6.92 Å². The van der Waals surface area contributed by atoms with Gasteiger partial charge >= 0.3 is 23.9 Å². The van der Waals surface area contributed by atoms with Gasteiger partial charge in [-0.05, 0) is 90.4 Å². The number of esters is 4. The van der Waals surface area contributed by atoms with E-state index in [2.05, 4.69) is 10.6 Å². The second-order valence-electron chi connectivity index (χ2n) is 10.7. The first-order chi connectivity index (χ1) is 18.8. The van der Waals surface area contributed by atoms with Crippen molar-refractivity contribution in [3.63, 3.8) is 0 Å².